The topological polar surface area (TPSA) is 56.0 Å². The number of nitrogens with zero attached hydrogens (tertiary/aromatic N) is 2. The standard InChI is InChI=1S/C11H9BrN2O2/c1-6-5-9(14(15)16)7(2)10-8(12)3-4-13-11(6)10/h3-5H,1-2H3. The van der Waals surface area contributed by atoms with Gasteiger partial charge in [-0.3, -0.25) is 15.1 Å². The maximum atomic E-state index is 10.9. The van der Waals surface area contributed by atoms with E-state index in [1.165, 1.54) is 0 Å². The van der Waals surface area contributed by atoms with E-state index in [1.54, 1.807) is 25.3 Å². The summed E-state index contributed by atoms with van der Waals surface area (Å²) in [6.45, 7) is 3.57. The first-order valence-electron chi connectivity index (χ1n) is 4.71. The average Bonchev–Trinajstić information content (AvgIpc) is 2.22. The van der Waals surface area contributed by atoms with Crippen LogP contribution in [0, 0.1) is 24.0 Å². The molecule has 0 unspecified atom stereocenters. The van der Waals surface area contributed by atoms with Crippen molar-refractivity contribution >= 4 is 32.5 Å². The number of fused-ring (bicyclic) bond motifs is 1. The second-order valence-corrected chi connectivity index (χ2v) is 4.47. The van der Waals surface area contributed by atoms with Crippen molar-refractivity contribution in [3.63, 3.8) is 0 Å². The summed E-state index contributed by atoms with van der Waals surface area (Å²) in [5, 5.41) is 11.7. The number of nitro groups is 1. The minimum atomic E-state index is -0.360. The van der Waals surface area contributed by atoms with Gasteiger partial charge in [-0.1, -0.05) is 15.9 Å². The summed E-state index contributed by atoms with van der Waals surface area (Å²) in [5.74, 6) is 0. The molecule has 0 N–H and O–H groups in total. The molecule has 2 aromatic rings. The monoisotopic (exact) mass is 280 g/mol. The average molecular weight is 281 g/mol. The number of hydrogen-bond acceptors (Lipinski definition) is 3. The molecule has 0 saturated heterocycles. The Labute approximate surface area is 101 Å². The van der Waals surface area contributed by atoms with Crippen LogP contribution in [0.3, 0.4) is 0 Å². The Morgan fingerprint density at radius 1 is 1.44 bits per heavy atom. The van der Waals surface area contributed by atoms with Gasteiger partial charge >= 0.3 is 0 Å². The summed E-state index contributed by atoms with van der Waals surface area (Å²) in [4.78, 5) is 14.8. The molecule has 0 aliphatic rings. The third-order valence-electron chi connectivity index (χ3n) is 2.58. The normalized spacial score (nSPS) is 10.7. The Balaban J connectivity index is 2.98. The number of hydrogen-bond donors (Lipinski definition) is 0. The van der Waals surface area contributed by atoms with E-state index in [9.17, 15) is 10.1 Å². The number of nitro benzene ring substituents is 1. The minimum Gasteiger partial charge on any atom is -0.258 e. The van der Waals surface area contributed by atoms with Crippen molar-refractivity contribution in [2.75, 3.05) is 0 Å². The molecular weight excluding hydrogens is 272 g/mol. The van der Waals surface area contributed by atoms with Crippen LogP contribution in [-0.4, -0.2) is 9.91 Å². The van der Waals surface area contributed by atoms with E-state index in [0.717, 1.165) is 20.9 Å². The van der Waals surface area contributed by atoms with Crippen LogP contribution in [0.5, 0.6) is 0 Å². The first kappa shape index (κ1) is 11.0. The van der Waals surface area contributed by atoms with Gasteiger partial charge in [0.05, 0.1) is 10.4 Å². The fraction of sp³-hybridized carbons (Fsp3) is 0.182. The molecule has 5 heteroatoms. The molecule has 0 spiro atoms. The predicted octanol–water partition coefficient (Wildman–Crippen LogP) is 3.52. The van der Waals surface area contributed by atoms with Crippen LogP contribution in [0.15, 0.2) is 22.8 Å². The zero-order valence-corrected chi connectivity index (χ0v) is 10.4. The second-order valence-electron chi connectivity index (χ2n) is 3.61. The molecule has 4 nitrogen and oxygen atoms in total. The van der Waals surface area contributed by atoms with Gasteiger partial charge in [0.15, 0.2) is 0 Å². The largest absolute Gasteiger partial charge is 0.273 e. The van der Waals surface area contributed by atoms with Crippen LogP contribution in [0.25, 0.3) is 10.9 Å². The Hall–Kier alpha value is -1.49. The quantitative estimate of drug-likeness (QED) is 0.593. The number of halogens is 1. The van der Waals surface area contributed by atoms with Crippen LogP contribution >= 0.6 is 15.9 Å². The highest BCUT2D eigenvalue weighted by molar-refractivity contribution is 9.10. The van der Waals surface area contributed by atoms with Crippen LogP contribution in [0.1, 0.15) is 11.1 Å². The van der Waals surface area contributed by atoms with Crippen molar-refractivity contribution in [2.45, 2.75) is 13.8 Å². The lowest BCUT2D eigenvalue weighted by molar-refractivity contribution is -0.385. The molecule has 0 saturated carbocycles. The smallest absolute Gasteiger partial charge is 0.258 e. The van der Waals surface area contributed by atoms with Gasteiger partial charge in [0.25, 0.3) is 5.69 Å². The summed E-state index contributed by atoms with van der Waals surface area (Å²) in [6, 6.07) is 3.36. The molecule has 82 valence electrons. The van der Waals surface area contributed by atoms with Gasteiger partial charge < -0.3 is 0 Å². The molecule has 2 rings (SSSR count). The van der Waals surface area contributed by atoms with Gasteiger partial charge in [0.2, 0.25) is 0 Å². The van der Waals surface area contributed by atoms with E-state index in [-0.39, 0.29) is 10.6 Å². The van der Waals surface area contributed by atoms with Crippen molar-refractivity contribution in [1.82, 2.24) is 4.98 Å². The molecule has 0 fully saturated rings. The van der Waals surface area contributed by atoms with E-state index in [1.807, 2.05) is 6.92 Å². The Morgan fingerprint density at radius 2 is 2.12 bits per heavy atom. The number of pyridine rings is 1. The summed E-state index contributed by atoms with van der Waals surface area (Å²) in [7, 11) is 0. The van der Waals surface area contributed by atoms with Gasteiger partial charge in [-0.25, -0.2) is 0 Å². The van der Waals surface area contributed by atoms with E-state index in [2.05, 4.69) is 20.9 Å². The molecule has 0 radical (unpaired) electrons. The summed E-state index contributed by atoms with van der Waals surface area (Å²) >= 11 is 3.40. The van der Waals surface area contributed by atoms with Crippen molar-refractivity contribution in [3.8, 4) is 0 Å². The van der Waals surface area contributed by atoms with Crippen molar-refractivity contribution < 1.29 is 4.92 Å². The third-order valence-corrected chi connectivity index (χ3v) is 3.24. The first-order valence-corrected chi connectivity index (χ1v) is 5.50. The van der Waals surface area contributed by atoms with E-state index in [4.69, 9.17) is 0 Å². The van der Waals surface area contributed by atoms with E-state index < -0.39 is 0 Å². The van der Waals surface area contributed by atoms with Crippen LogP contribution < -0.4 is 0 Å². The molecule has 0 atom stereocenters. The fourth-order valence-corrected chi connectivity index (χ4v) is 2.40. The lowest BCUT2D eigenvalue weighted by atomic mass is 10.0. The van der Waals surface area contributed by atoms with Crippen LogP contribution in [0.2, 0.25) is 0 Å². The van der Waals surface area contributed by atoms with Crippen molar-refractivity contribution in [1.29, 1.82) is 0 Å². The molecular formula is C11H9BrN2O2. The highest BCUT2D eigenvalue weighted by Crippen LogP contribution is 2.33. The fourth-order valence-electron chi connectivity index (χ4n) is 1.79. The zero-order valence-electron chi connectivity index (χ0n) is 8.82. The van der Waals surface area contributed by atoms with Crippen molar-refractivity contribution in [2.24, 2.45) is 0 Å². The predicted molar refractivity (Wildman–Crippen MR) is 65.6 cm³/mol. The van der Waals surface area contributed by atoms with Crippen LogP contribution in [-0.2, 0) is 0 Å². The minimum absolute atomic E-state index is 0.138. The van der Waals surface area contributed by atoms with Gasteiger partial charge in [0.1, 0.15) is 0 Å². The number of rotatable bonds is 1. The molecule has 1 aromatic heterocycles. The molecule has 1 heterocycles. The lowest BCUT2D eigenvalue weighted by Crippen LogP contribution is -1.96. The van der Waals surface area contributed by atoms with Gasteiger partial charge in [-0.05, 0) is 25.5 Å². The number of benzene rings is 1. The van der Waals surface area contributed by atoms with Gasteiger partial charge in [-0.15, -0.1) is 0 Å². The lowest BCUT2D eigenvalue weighted by Gasteiger charge is -2.07. The Bertz CT molecular complexity index is 596. The number of aromatic nitrogens is 1. The third kappa shape index (κ3) is 1.57. The second kappa shape index (κ2) is 3.83. The first-order chi connectivity index (χ1) is 7.52. The molecule has 0 aliphatic heterocycles. The SMILES string of the molecule is Cc1cc([N+](=O)[O-])c(C)c2c(Br)ccnc12. The number of aryl methyl sites for hydroxylation is 2. The highest BCUT2D eigenvalue weighted by atomic mass is 79.9. The van der Waals surface area contributed by atoms with Crippen molar-refractivity contribution in [3.05, 3.63) is 44.0 Å². The van der Waals surface area contributed by atoms with Gasteiger partial charge in [0, 0.05) is 27.7 Å². The molecule has 1 aromatic carbocycles. The molecule has 0 aliphatic carbocycles. The zero-order chi connectivity index (χ0) is 11.9. The highest BCUT2D eigenvalue weighted by Gasteiger charge is 2.17. The molecule has 0 amide bonds. The maximum absolute atomic E-state index is 10.9. The Kier molecular flexibility index (Phi) is 2.63. The van der Waals surface area contributed by atoms with Crippen LogP contribution in [0.4, 0.5) is 5.69 Å². The van der Waals surface area contributed by atoms with E-state index >= 15 is 0 Å². The summed E-state index contributed by atoms with van der Waals surface area (Å²) < 4.78 is 0.835. The molecule has 0 bridgehead atoms. The molecule has 16 heavy (non-hydrogen) atoms. The maximum Gasteiger partial charge on any atom is 0.273 e. The summed E-state index contributed by atoms with van der Waals surface area (Å²) in [5.41, 5.74) is 2.40. The van der Waals surface area contributed by atoms with E-state index in [0.29, 0.717) is 5.56 Å². The van der Waals surface area contributed by atoms with Gasteiger partial charge in [-0.2, -0.15) is 0 Å². The summed E-state index contributed by atoms with van der Waals surface area (Å²) in [6.07, 6.45) is 1.69. The Morgan fingerprint density at radius 3 is 2.75 bits per heavy atom.